The minimum absolute atomic E-state index is 0.873. The lowest BCUT2D eigenvalue weighted by Gasteiger charge is -2.30. The van der Waals surface area contributed by atoms with Crippen molar-refractivity contribution in [3.63, 3.8) is 0 Å². The first-order chi connectivity index (χ1) is 27.3. The van der Waals surface area contributed by atoms with Gasteiger partial charge in [0.05, 0.1) is 11.4 Å². The Bertz CT molecular complexity index is 3220. The maximum Gasteiger partial charge on any atom is 0.136 e. The van der Waals surface area contributed by atoms with Crippen LogP contribution in [0.5, 0.6) is 0 Å². The summed E-state index contributed by atoms with van der Waals surface area (Å²) in [5.74, 6) is 0. The molecule has 55 heavy (non-hydrogen) atoms. The van der Waals surface area contributed by atoms with E-state index in [2.05, 4.69) is 193 Å². The minimum atomic E-state index is 0.873. The number of para-hydroxylation sites is 3. The van der Waals surface area contributed by atoms with Crippen molar-refractivity contribution in [2.75, 3.05) is 4.90 Å². The van der Waals surface area contributed by atoms with Gasteiger partial charge in [-0.05, 0) is 93.7 Å². The molecule has 11 aromatic rings. The molecule has 0 aliphatic rings. The maximum atomic E-state index is 6.57. The Morgan fingerprint density at radius 3 is 1.78 bits per heavy atom. The smallest absolute Gasteiger partial charge is 0.136 e. The molecule has 0 bridgehead atoms. The molecule has 0 saturated carbocycles. The molecule has 3 heteroatoms. The third-order valence-electron chi connectivity index (χ3n) is 10.8. The zero-order valence-electron chi connectivity index (χ0n) is 29.8. The van der Waals surface area contributed by atoms with Crippen molar-refractivity contribution in [3.8, 4) is 33.4 Å². The van der Waals surface area contributed by atoms with Crippen LogP contribution in [0.2, 0.25) is 0 Å². The van der Waals surface area contributed by atoms with Crippen LogP contribution in [-0.2, 0) is 0 Å². The standard InChI is InChI=1S/C52H33NO2/c1-2-14-34(15-3-1)40-20-6-9-24-46(40)53(39-19-12-18-35(30-39)38-28-29-49-44(31-38)42-22-8-11-26-48(42)54-49)47-25-10-7-21-41(47)43-23-13-27-50-52(43)45-32-36-16-4-5-17-37(36)33-51(45)55-50/h1-33H. The van der Waals surface area contributed by atoms with Gasteiger partial charge >= 0.3 is 0 Å². The number of hydrogen-bond donors (Lipinski definition) is 0. The van der Waals surface area contributed by atoms with E-state index in [0.717, 1.165) is 94.3 Å². The van der Waals surface area contributed by atoms with E-state index in [4.69, 9.17) is 8.83 Å². The lowest BCUT2D eigenvalue weighted by atomic mass is 9.95. The first kappa shape index (κ1) is 31.2. The van der Waals surface area contributed by atoms with Crippen LogP contribution in [0.1, 0.15) is 0 Å². The van der Waals surface area contributed by atoms with Crippen LogP contribution in [-0.4, -0.2) is 0 Å². The highest BCUT2D eigenvalue weighted by atomic mass is 16.3. The fourth-order valence-electron chi connectivity index (χ4n) is 8.30. The van der Waals surface area contributed by atoms with Gasteiger partial charge in [-0.1, -0.05) is 140 Å². The van der Waals surface area contributed by atoms with Crippen LogP contribution in [0, 0.1) is 0 Å². The summed E-state index contributed by atoms with van der Waals surface area (Å²) in [6, 6.07) is 71.1. The fraction of sp³-hybridized carbons (Fsp3) is 0. The van der Waals surface area contributed by atoms with E-state index >= 15 is 0 Å². The molecule has 0 N–H and O–H groups in total. The quantitative estimate of drug-likeness (QED) is 0.173. The van der Waals surface area contributed by atoms with Gasteiger partial charge < -0.3 is 13.7 Å². The molecule has 0 fully saturated rings. The molecule has 0 radical (unpaired) electrons. The van der Waals surface area contributed by atoms with Gasteiger partial charge in [0.2, 0.25) is 0 Å². The molecule has 2 heterocycles. The largest absolute Gasteiger partial charge is 0.456 e. The van der Waals surface area contributed by atoms with Gasteiger partial charge in [0.25, 0.3) is 0 Å². The second kappa shape index (κ2) is 12.6. The number of fused-ring (bicyclic) bond motifs is 7. The molecular weight excluding hydrogens is 671 g/mol. The molecule has 0 amide bonds. The van der Waals surface area contributed by atoms with Crippen LogP contribution in [0.4, 0.5) is 17.1 Å². The Morgan fingerprint density at radius 2 is 0.909 bits per heavy atom. The van der Waals surface area contributed by atoms with Gasteiger partial charge in [0.1, 0.15) is 22.3 Å². The average Bonchev–Trinajstić information content (AvgIpc) is 3.81. The molecule has 0 atom stereocenters. The second-order valence-electron chi connectivity index (χ2n) is 14.1. The molecule has 0 unspecified atom stereocenters. The number of nitrogens with zero attached hydrogens (tertiary/aromatic N) is 1. The number of rotatable bonds is 6. The lowest BCUT2D eigenvalue weighted by molar-refractivity contribution is 0.669. The van der Waals surface area contributed by atoms with Crippen molar-refractivity contribution in [2.45, 2.75) is 0 Å². The van der Waals surface area contributed by atoms with Gasteiger partial charge in [-0.15, -0.1) is 0 Å². The number of benzene rings is 9. The van der Waals surface area contributed by atoms with Crippen molar-refractivity contribution in [1.29, 1.82) is 0 Å². The van der Waals surface area contributed by atoms with E-state index in [1.165, 1.54) is 10.8 Å². The van der Waals surface area contributed by atoms with Gasteiger partial charge in [0.15, 0.2) is 0 Å². The Hall–Kier alpha value is -7.36. The van der Waals surface area contributed by atoms with Gasteiger partial charge in [0, 0.05) is 38.4 Å². The molecule has 0 aliphatic carbocycles. The van der Waals surface area contributed by atoms with Crippen LogP contribution < -0.4 is 4.90 Å². The Kier molecular flexibility index (Phi) is 7.17. The van der Waals surface area contributed by atoms with Gasteiger partial charge in [-0.2, -0.15) is 0 Å². The molecule has 3 nitrogen and oxygen atoms in total. The predicted molar refractivity (Wildman–Crippen MR) is 229 cm³/mol. The lowest BCUT2D eigenvalue weighted by Crippen LogP contribution is -2.12. The zero-order chi connectivity index (χ0) is 36.3. The molecule has 2 aromatic heterocycles. The zero-order valence-corrected chi connectivity index (χ0v) is 29.8. The first-order valence-electron chi connectivity index (χ1n) is 18.7. The number of anilines is 3. The molecule has 0 saturated heterocycles. The molecular formula is C52H33NO2. The Balaban J connectivity index is 1.15. The van der Waals surface area contributed by atoms with E-state index < -0.39 is 0 Å². The van der Waals surface area contributed by atoms with Crippen molar-refractivity contribution in [2.24, 2.45) is 0 Å². The van der Waals surface area contributed by atoms with Crippen molar-refractivity contribution >= 4 is 71.7 Å². The third kappa shape index (κ3) is 5.20. The third-order valence-corrected chi connectivity index (χ3v) is 10.8. The highest BCUT2D eigenvalue weighted by Gasteiger charge is 2.23. The van der Waals surface area contributed by atoms with E-state index in [1.807, 2.05) is 12.1 Å². The van der Waals surface area contributed by atoms with Gasteiger partial charge in [-0.25, -0.2) is 0 Å². The van der Waals surface area contributed by atoms with Crippen LogP contribution >= 0.6 is 0 Å². The van der Waals surface area contributed by atoms with Crippen molar-refractivity contribution in [1.82, 2.24) is 0 Å². The van der Waals surface area contributed by atoms with Gasteiger partial charge in [-0.3, -0.25) is 0 Å². The average molecular weight is 704 g/mol. The van der Waals surface area contributed by atoms with Crippen LogP contribution in [0.3, 0.4) is 0 Å². The summed E-state index contributed by atoms with van der Waals surface area (Å²) < 4.78 is 12.8. The van der Waals surface area contributed by atoms with E-state index in [0.29, 0.717) is 0 Å². The van der Waals surface area contributed by atoms with E-state index in [-0.39, 0.29) is 0 Å². The normalized spacial score (nSPS) is 11.6. The topological polar surface area (TPSA) is 29.5 Å². The van der Waals surface area contributed by atoms with Crippen molar-refractivity contribution in [3.05, 3.63) is 200 Å². The SMILES string of the molecule is c1ccc(-c2ccccc2N(c2cccc(-c3ccc4oc5ccccc5c4c3)c2)c2ccccc2-c2cccc3oc4cc5ccccc5cc4c23)cc1. The number of hydrogen-bond acceptors (Lipinski definition) is 3. The summed E-state index contributed by atoms with van der Waals surface area (Å²) in [5.41, 5.74) is 13.6. The predicted octanol–water partition coefficient (Wildman–Crippen LogP) is 15.1. The fourth-order valence-corrected chi connectivity index (χ4v) is 8.30. The molecule has 258 valence electrons. The Labute approximate surface area is 317 Å². The van der Waals surface area contributed by atoms with Crippen LogP contribution in [0.15, 0.2) is 209 Å². The summed E-state index contributed by atoms with van der Waals surface area (Å²) in [5, 5.41) is 6.82. The monoisotopic (exact) mass is 703 g/mol. The first-order valence-corrected chi connectivity index (χ1v) is 18.7. The highest BCUT2D eigenvalue weighted by molar-refractivity contribution is 6.17. The molecule has 11 rings (SSSR count). The summed E-state index contributed by atoms with van der Waals surface area (Å²) >= 11 is 0. The second-order valence-corrected chi connectivity index (χ2v) is 14.1. The highest BCUT2D eigenvalue weighted by Crippen LogP contribution is 2.48. The van der Waals surface area contributed by atoms with Crippen LogP contribution in [0.25, 0.3) is 88.0 Å². The Morgan fingerprint density at radius 1 is 0.309 bits per heavy atom. The number of furan rings is 2. The molecule has 0 spiro atoms. The summed E-state index contributed by atoms with van der Waals surface area (Å²) in [7, 11) is 0. The van der Waals surface area contributed by atoms with E-state index in [9.17, 15) is 0 Å². The van der Waals surface area contributed by atoms with E-state index in [1.54, 1.807) is 0 Å². The summed E-state index contributed by atoms with van der Waals surface area (Å²) in [4.78, 5) is 2.42. The van der Waals surface area contributed by atoms with Crippen molar-refractivity contribution < 1.29 is 8.83 Å². The maximum absolute atomic E-state index is 6.57. The summed E-state index contributed by atoms with van der Waals surface area (Å²) in [6.07, 6.45) is 0. The molecule has 9 aromatic carbocycles. The summed E-state index contributed by atoms with van der Waals surface area (Å²) in [6.45, 7) is 0. The molecule has 0 aliphatic heterocycles. The minimum Gasteiger partial charge on any atom is -0.456 e.